The van der Waals surface area contributed by atoms with Crippen LogP contribution in [-0.2, 0) is 5.41 Å². The summed E-state index contributed by atoms with van der Waals surface area (Å²) < 4.78 is 2.67. The quantitative estimate of drug-likeness (QED) is 0.186. The highest BCUT2D eigenvalue weighted by atomic mass is 32.1. The highest BCUT2D eigenvalue weighted by molar-refractivity contribution is 7.25. The molecule has 6 aromatic carbocycles. The molecular formula is C46H37NS. The Morgan fingerprint density at radius 3 is 1.90 bits per heavy atom. The van der Waals surface area contributed by atoms with Crippen LogP contribution in [0.5, 0.6) is 0 Å². The highest BCUT2D eigenvalue weighted by Crippen LogP contribution is 2.69. The zero-order chi connectivity index (χ0) is 31.4. The molecule has 5 aliphatic rings. The Bertz CT molecular complexity index is 2340. The normalized spacial score (nSPS) is 24.8. The highest BCUT2D eigenvalue weighted by Gasteiger charge is 2.61. The molecular weight excluding hydrogens is 599 g/mol. The number of benzene rings is 6. The zero-order valence-corrected chi connectivity index (χ0v) is 27.8. The van der Waals surface area contributed by atoms with E-state index in [1.165, 1.54) is 91.6 Å². The maximum absolute atomic E-state index is 2.61. The molecule has 48 heavy (non-hydrogen) atoms. The second-order valence-electron chi connectivity index (χ2n) is 15.0. The second-order valence-corrected chi connectivity index (χ2v) is 16.1. The van der Waals surface area contributed by atoms with Crippen molar-refractivity contribution in [3.63, 3.8) is 0 Å². The van der Waals surface area contributed by atoms with Gasteiger partial charge in [-0.3, -0.25) is 0 Å². The largest absolute Gasteiger partial charge is 0.310 e. The van der Waals surface area contributed by atoms with Gasteiger partial charge in [0, 0.05) is 42.6 Å². The molecule has 4 saturated carbocycles. The SMILES string of the molecule is c1ccc(N(c2ccc(-c3ccc4c(c3)C3(c5ccccc5-4)C4CC5CC(C4)CC3C5)cc2)c2ccc3sc4ccccc4c3c2)cc1. The summed E-state index contributed by atoms with van der Waals surface area (Å²) in [6.45, 7) is 0. The van der Waals surface area contributed by atoms with Crippen LogP contribution in [0.4, 0.5) is 17.1 Å². The van der Waals surface area contributed by atoms with Gasteiger partial charge in [-0.25, -0.2) is 0 Å². The molecule has 2 heteroatoms. The Morgan fingerprint density at radius 1 is 0.458 bits per heavy atom. The molecule has 1 aromatic heterocycles. The minimum atomic E-state index is 0.198. The van der Waals surface area contributed by atoms with Crippen LogP contribution < -0.4 is 4.90 Å². The third-order valence-electron chi connectivity index (χ3n) is 12.6. The number of fused-ring (bicyclic) bond motifs is 6. The molecule has 0 radical (unpaired) electrons. The van der Waals surface area contributed by atoms with Crippen molar-refractivity contribution in [2.75, 3.05) is 4.90 Å². The molecule has 0 saturated heterocycles. The lowest BCUT2D eigenvalue weighted by Crippen LogP contribution is -2.55. The molecule has 7 aromatic rings. The number of hydrogen-bond acceptors (Lipinski definition) is 2. The van der Waals surface area contributed by atoms with E-state index in [1.807, 2.05) is 11.3 Å². The van der Waals surface area contributed by atoms with Gasteiger partial charge in [0.1, 0.15) is 0 Å². The maximum atomic E-state index is 2.61. The van der Waals surface area contributed by atoms with Crippen LogP contribution in [-0.4, -0.2) is 0 Å². The summed E-state index contributed by atoms with van der Waals surface area (Å²) in [4.78, 5) is 2.40. The van der Waals surface area contributed by atoms with Gasteiger partial charge in [-0.1, -0.05) is 84.9 Å². The summed E-state index contributed by atoms with van der Waals surface area (Å²) in [6.07, 6.45) is 7.16. The van der Waals surface area contributed by atoms with Crippen molar-refractivity contribution in [2.24, 2.45) is 23.7 Å². The predicted octanol–water partition coefficient (Wildman–Crippen LogP) is 12.9. The first-order chi connectivity index (χ1) is 23.7. The van der Waals surface area contributed by atoms with E-state index in [9.17, 15) is 0 Å². The minimum Gasteiger partial charge on any atom is -0.310 e. The molecule has 4 fully saturated rings. The van der Waals surface area contributed by atoms with Crippen LogP contribution in [0, 0.1) is 23.7 Å². The molecule has 232 valence electrons. The third kappa shape index (κ3) is 3.78. The fourth-order valence-electron chi connectivity index (χ4n) is 11.0. The Hall–Kier alpha value is -4.66. The lowest BCUT2D eigenvalue weighted by Gasteiger charge is -2.61. The van der Waals surface area contributed by atoms with Crippen molar-refractivity contribution in [2.45, 2.75) is 37.5 Å². The van der Waals surface area contributed by atoms with Crippen LogP contribution in [0.15, 0.2) is 140 Å². The van der Waals surface area contributed by atoms with Crippen LogP contribution in [0.25, 0.3) is 42.4 Å². The van der Waals surface area contributed by atoms with Crippen LogP contribution in [0.3, 0.4) is 0 Å². The van der Waals surface area contributed by atoms with Gasteiger partial charge < -0.3 is 4.90 Å². The Labute approximate surface area is 286 Å². The van der Waals surface area contributed by atoms with E-state index in [0.29, 0.717) is 0 Å². The fourth-order valence-corrected chi connectivity index (χ4v) is 12.1. The molecule has 0 N–H and O–H groups in total. The molecule has 0 amide bonds. The first-order valence-corrected chi connectivity index (χ1v) is 18.7. The standard InChI is InChI=1S/C46H37NS/c1-2-8-35(9-3-1)47(37-19-21-45-41(28-37)40-11-5-7-13-44(40)48-45)36-17-14-31(15-18-36)32-16-20-39-38-10-4-6-12-42(38)46(43(39)27-32)33-23-29-22-30(25-33)26-34(46)24-29/h1-21,27-30,33-34H,22-26H2. The smallest absolute Gasteiger partial charge is 0.0468 e. The first kappa shape index (κ1) is 27.3. The number of hydrogen-bond donors (Lipinski definition) is 0. The Kier molecular flexibility index (Phi) is 5.79. The molecule has 4 bridgehead atoms. The molecule has 0 unspecified atom stereocenters. The topological polar surface area (TPSA) is 3.24 Å². The number of para-hydroxylation sites is 1. The van der Waals surface area contributed by atoms with Crippen LogP contribution in [0.1, 0.15) is 43.2 Å². The average molecular weight is 636 g/mol. The van der Waals surface area contributed by atoms with Gasteiger partial charge in [-0.05, 0) is 144 Å². The summed E-state index contributed by atoms with van der Waals surface area (Å²) in [5.41, 5.74) is 12.6. The van der Waals surface area contributed by atoms with E-state index in [4.69, 9.17) is 0 Å². The van der Waals surface area contributed by atoms with E-state index in [0.717, 1.165) is 23.7 Å². The predicted molar refractivity (Wildman–Crippen MR) is 203 cm³/mol. The molecule has 0 aliphatic heterocycles. The van der Waals surface area contributed by atoms with Gasteiger partial charge in [0.05, 0.1) is 0 Å². The van der Waals surface area contributed by atoms with Gasteiger partial charge in [0.25, 0.3) is 0 Å². The maximum Gasteiger partial charge on any atom is 0.0468 e. The van der Waals surface area contributed by atoms with Gasteiger partial charge in [0.15, 0.2) is 0 Å². The van der Waals surface area contributed by atoms with Crippen molar-refractivity contribution in [1.29, 1.82) is 0 Å². The van der Waals surface area contributed by atoms with Crippen molar-refractivity contribution in [3.05, 3.63) is 151 Å². The minimum absolute atomic E-state index is 0.198. The Balaban J connectivity index is 1.01. The van der Waals surface area contributed by atoms with E-state index in [1.54, 1.807) is 11.1 Å². The van der Waals surface area contributed by atoms with E-state index >= 15 is 0 Å². The van der Waals surface area contributed by atoms with Gasteiger partial charge in [-0.15, -0.1) is 11.3 Å². The summed E-state index contributed by atoms with van der Waals surface area (Å²) >= 11 is 1.87. The lowest BCUT2D eigenvalue weighted by molar-refractivity contribution is -0.0399. The van der Waals surface area contributed by atoms with Crippen molar-refractivity contribution < 1.29 is 0 Å². The van der Waals surface area contributed by atoms with Gasteiger partial charge >= 0.3 is 0 Å². The number of thiophene rings is 1. The number of anilines is 3. The van der Waals surface area contributed by atoms with Crippen LogP contribution in [0.2, 0.25) is 0 Å². The summed E-state index contributed by atoms with van der Waals surface area (Å²) in [5.74, 6) is 3.48. The lowest BCUT2D eigenvalue weighted by atomic mass is 9.43. The molecule has 0 atom stereocenters. The fraction of sp³-hybridized carbons (Fsp3) is 0.217. The number of nitrogens with zero attached hydrogens (tertiary/aromatic N) is 1. The third-order valence-corrected chi connectivity index (χ3v) is 13.8. The summed E-state index contributed by atoms with van der Waals surface area (Å²) in [5, 5.41) is 2.65. The van der Waals surface area contributed by atoms with E-state index in [2.05, 4.69) is 144 Å². The van der Waals surface area contributed by atoms with Gasteiger partial charge in [-0.2, -0.15) is 0 Å². The number of rotatable bonds is 4. The molecule has 1 nitrogen and oxygen atoms in total. The molecule has 12 rings (SSSR count). The monoisotopic (exact) mass is 635 g/mol. The summed E-state index contributed by atoms with van der Waals surface area (Å²) in [6, 6.07) is 52.7. The summed E-state index contributed by atoms with van der Waals surface area (Å²) in [7, 11) is 0. The van der Waals surface area contributed by atoms with E-state index in [-0.39, 0.29) is 5.41 Å². The van der Waals surface area contributed by atoms with Gasteiger partial charge in [0.2, 0.25) is 0 Å². The van der Waals surface area contributed by atoms with Crippen LogP contribution >= 0.6 is 11.3 Å². The average Bonchev–Trinajstić information content (AvgIpc) is 3.64. The second kappa shape index (κ2) is 10.2. The van der Waals surface area contributed by atoms with Crippen molar-refractivity contribution >= 4 is 48.6 Å². The molecule has 5 aliphatic carbocycles. The zero-order valence-electron chi connectivity index (χ0n) is 27.0. The van der Waals surface area contributed by atoms with Crippen molar-refractivity contribution in [1.82, 2.24) is 0 Å². The van der Waals surface area contributed by atoms with Crippen molar-refractivity contribution in [3.8, 4) is 22.3 Å². The molecule has 1 heterocycles. The first-order valence-electron chi connectivity index (χ1n) is 17.9. The van der Waals surface area contributed by atoms with E-state index < -0.39 is 0 Å². The molecule has 1 spiro atoms. The Morgan fingerprint density at radius 2 is 1.08 bits per heavy atom.